The number of nitrogens with zero attached hydrogens (tertiary/aromatic N) is 3. The van der Waals surface area contributed by atoms with Crippen molar-refractivity contribution >= 4 is 17.7 Å². The fourth-order valence-corrected chi connectivity index (χ4v) is 4.75. The van der Waals surface area contributed by atoms with Crippen LogP contribution in [0.2, 0.25) is 0 Å². The van der Waals surface area contributed by atoms with Gasteiger partial charge in [0.05, 0.1) is 0 Å². The number of aromatic nitrogens is 2. The highest BCUT2D eigenvalue weighted by molar-refractivity contribution is 5.75. The van der Waals surface area contributed by atoms with Crippen LogP contribution in [-0.4, -0.2) is 38.8 Å². The van der Waals surface area contributed by atoms with Crippen LogP contribution >= 0.6 is 0 Å². The summed E-state index contributed by atoms with van der Waals surface area (Å²) in [5.41, 5.74) is 6.09. The zero-order valence-electron chi connectivity index (χ0n) is 19.6. The van der Waals surface area contributed by atoms with Gasteiger partial charge in [0.1, 0.15) is 6.04 Å². The van der Waals surface area contributed by atoms with E-state index in [4.69, 9.17) is 4.42 Å². The van der Waals surface area contributed by atoms with Crippen LogP contribution in [-0.2, 0) is 11.3 Å². The van der Waals surface area contributed by atoms with Gasteiger partial charge in [-0.2, -0.15) is 0 Å². The maximum Gasteiger partial charge on any atom is 0.320 e. The Morgan fingerprint density at radius 1 is 1.03 bits per heavy atom. The minimum atomic E-state index is -0.746. The minimum absolute atomic E-state index is 0.308. The van der Waals surface area contributed by atoms with Crippen molar-refractivity contribution in [3.05, 3.63) is 83.9 Å². The van der Waals surface area contributed by atoms with E-state index >= 15 is 0 Å². The number of benzene rings is 3. The van der Waals surface area contributed by atoms with Gasteiger partial charge in [-0.25, -0.2) is 0 Å². The molecular weight excluding hydrogens is 440 g/mol. The lowest BCUT2D eigenvalue weighted by Crippen LogP contribution is -2.43. The summed E-state index contributed by atoms with van der Waals surface area (Å²) in [6.45, 7) is 3.44. The van der Waals surface area contributed by atoms with Gasteiger partial charge in [-0.3, -0.25) is 9.69 Å². The normalized spacial score (nSPS) is 16.2. The summed E-state index contributed by atoms with van der Waals surface area (Å²) >= 11 is 0. The molecule has 3 aromatic carbocycles. The molecule has 1 aromatic heterocycles. The van der Waals surface area contributed by atoms with Gasteiger partial charge in [-0.15, -0.1) is 5.10 Å². The molecule has 0 unspecified atom stereocenters. The summed E-state index contributed by atoms with van der Waals surface area (Å²) in [4.78, 5) is 13.7. The molecule has 1 aliphatic heterocycles. The zero-order chi connectivity index (χ0) is 24.2. The van der Waals surface area contributed by atoms with Crippen molar-refractivity contribution in [2.24, 2.45) is 0 Å². The molecule has 1 fully saturated rings. The van der Waals surface area contributed by atoms with E-state index in [1.54, 1.807) is 0 Å². The Kier molecular flexibility index (Phi) is 6.59. The highest BCUT2D eigenvalue weighted by Gasteiger charge is 2.28. The molecule has 2 heterocycles. The van der Waals surface area contributed by atoms with Gasteiger partial charge >= 0.3 is 12.0 Å². The molecule has 1 atom stereocenters. The number of carboxylic acid groups (broad SMARTS) is 1. The van der Waals surface area contributed by atoms with Crippen molar-refractivity contribution in [3.63, 3.8) is 0 Å². The summed E-state index contributed by atoms with van der Waals surface area (Å²) in [7, 11) is 0. The Morgan fingerprint density at radius 2 is 1.83 bits per heavy atom. The topological polar surface area (TPSA) is 91.5 Å². The molecule has 0 spiro atoms. The number of piperidine rings is 1. The van der Waals surface area contributed by atoms with Gasteiger partial charge in [0.15, 0.2) is 0 Å². The monoisotopic (exact) mass is 468 g/mol. The lowest BCUT2D eigenvalue weighted by atomic mass is 9.96. The van der Waals surface area contributed by atoms with Crippen molar-refractivity contribution in [2.45, 2.75) is 38.8 Å². The van der Waals surface area contributed by atoms with Crippen molar-refractivity contribution in [1.29, 1.82) is 0 Å². The Balaban J connectivity index is 1.32. The first-order chi connectivity index (χ1) is 17.1. The van der Waals surface area contributed by atoms with Crippen LogP contribution in [0.15, 0.2) is 77.2 Å². The van der Waals surface area contributed by atoms with Crippen LogP contribution in [0.25, 0.3) is 22.6 Å². The van der Waals surface area contributed by atoms with Crippen LogP contribution < -0.4 is 5.32 Å². The maximum absolute atomic E-state index is 11.6. The minimum Gasteiger partial charge on any atom is -0.480 e. The van der Waals surface area contributed by atoms with Crippen LogP contribution in [0.1, 0.15) is 30.4 Å². The number of likely N-dealkylation sites (tertiary alicyclic amines) is 1. The maximum atomic E-state index is 11.6. The van der Waals surface area contributed by atoms with Crippen molar-refractivity contribution in [2.75, 3.05) is 11.9 Å². The highest BCUT2D eigenvalue weighted by atomic mass is 16.4. The van der Waals surface area contributed by atoms with Crippen LogP contribution in [0.3, 0.4) is 0 Å². The molecule has 5 rings (SSSR count). The lowest BCUT2D eigenvalue weighted by Gasteiger charge is -2.32. The summed E-state index contributed by atoms with van der Waals surface area (Å²) in [6, 6.07) is 24.1. The van der Waals surface area contributed by atoms with Crippen molar-refractivity contribution < 1.29 is 14.3 Å². The number of nitrogens with one attached hydrogen (secondary N) is 1. The molecule has 7 nitrogen and oxygen atoms in total. The first-order valence-corrected chi connectivity index (χ1v) is 11.9. The highest BCUT2D eigenvalue weighted by Crippen LogP contribution is 2.32. The van der Waals surface area contributed by atoms with Gasteiger partial charge in [0, 0.05) is 17.8 Å². The van der Waals surface area contributed by atoms with Crippen LogP contribution in [0, 0.1) is 6.92 Å². The number of carbonyl (C=O) groups is 1. The Morgan fingerprint density at radius 3 is 2.66 bits per heavy atom. The van der Waals surface area contributed by atoms with Crippen LogP contribution in [0.4, 0.5) is 11.7 Å². The molecule has 0 aliphatic carbocycles. The van der Waals surface area contributed by atoms with Gasteiger partial charge in [-0.1, -0.05) is 66.1 Å². The third kappa shape index (κ3) is 5.10. The number of carboxylic acids is 1. The average molecular weight is 469 g/mol. The van der Waals surface area contributed by atoms with E-state index in [2.05, 4.69) is 40.6 Å². The van der Waals surface area contributed by atoms with Crippen molar-refractivity contribution in [1.82, 2.24) is 15.1 Å². The summed E-state index contributed by atoms with van der Waals surface area (Å²) in [5.74, 6) is -0.291. The fourth-order valence-electron chi connectivity index (χ4n) is 4.75. The third-order valence-corrected chi connectivity index (χ3v) is 6.54. The van der Waals surface area contributed by atoms with E-state index in [9.17, 15) is 9.90 Å². The lowest BCUT2D eigenvalue weighted by molar-refractivity contribution is -0.144. The predicted molar refractivity (Wildman–Crippen MR) is 135 cm³/mol. The van der Waals surface area contributed by atoms with Gasteiger partial charge in [0.2, 0.25) is 5.89 Å². The first kappa shape index (κ1) is 22.8. The molecule has 1 saturated heterocycles. The van der Waals surface area contributed by atoms with Gasteiger partial charge in [-0.05, 0) is 66.8 Å². The molecule has 0 radical (unpaired) electrons. The first-order valence-electron chi connectivity index (χ1n) is 11.9. The van der Waals surface area contributed by atoms with Gasteiger partial charge < -0.3 is 14.8 Å². The Bertz CT molecular complexity index is 1320. The van der Waals surface area contributed by atoms with E-state index in [0.717, 1.165) is 52.9 Å². The third-order valence-electron chi connectivity index (χ3n) is 6.54. The largest absolute Gasteiger partial charge is 0.480 e. The number of hydrogen-bond acceptors (Lipinski definition) is 6. The van der Waals surface area contributed by atoms with E-state index in [0.29, 0.717) is 24.9 Å². The van der Waals surface area contributed by atoms with E-state index in [-0.39, 0.29) is 0 Å². The molecule has 0 saturated carbocycles. The molecule has 4 aromatic rings. The second kappa shape index (κ2) is 10.1. The van der Waals surface area contributed by atoms with E-state index in [1.807, 2.05) is 59.5 Å². The zero-order valence-corrected chi connectivity index (χ0v) is 19.6. The molecular formula is C28H28N4O3. The van der Waals surface area contributed by atoms with Crippen LogP contribution in [0.5, 0.6) is 0 Å². The molecule has 0 bridgehead atoms. The molecule has 7 heteroatoms. The second-order valence-electron chi connectivity index (χ2n) is 8.90. The van der Waals surface area contributed by atoms with Crippen molar-refractivity contribution in [3.8, 4) is 22.6 Å². The summed E-state index contributed by atoms with van der Waals surface area (Å²) < 4.78 is 5.96. The predicted octanol–water partition coefficient (Wildman–Crippen LogP) is 5.89. The molecule has 2 N–H and O–H groups in total. The second-order valence-corrected chi connectivity index (χ2v) is 8.90. The number of hydrogen-bond donors (Lipinski definition) is 2. The smallest absolute Gasteiger partial charge is 0.320 e. The SMILES string of the molecule is Cc1c(-c2ccccc2)cccc1-c1nnc(Nc2cccc(CN3CCCC[C@H]3C(=O)O)c2)o1. The number of rotatable bonds is 7. The summed E-state index contributed by atoms with van der Waals surface area (Å²) in [5, 5.41) is 21.2. The fraction of sp³-hybridized carbons (Fsp3) is 0.250. The van der Waals surface area contributed by atoms with Gasteiger partial charge in [0.25, 0.3) is 0 Å². The number of aliphatic carboxylic acids is 1. The quantitative estimate of drug-likeness (QED) is 0.349. The number of anilines is 2. The Hall–Kier alpha value is -3.97. The Labute approximate surface area is 204 Å². The summed E-state index contributed by atoms with van der Waals surface area (Å²) in [6.07, 6.45) is 2.68. The molecule has 1 aliphatic rings. The average Bonchev–Trinajstić information content (AvgIpc) is 3.33. The standard InChI is InChI=1S/C28H28N4O3/c1-19-23(21-10-3-2-4-11-21)13-8-14-24(19)26-30-31-28(35-26)29-22-12-7-9-20(17-22)18-32-16-6-5-15-25(32)27(33)34/h2-4,7-14,17,25H,5-6,15-16,18H2,1H3,(H,29,31)(H,33,34)/t25-/m0/s1. The van der Waals surface area contributed by atoms with E-state index < -0.39 is 12.0 Å². The molecule has 35 heavy (non-hydrogen) atoms. The molecule has 0 amide bonds. The molecule has 178 valence electrons. The van der Waals surface area contributed by atoms with E-state index in [1.165, 1.54) is 0 Å².